The average Bonchev–Trinajstić information content (AvgIpc) is 3.06. The Morgan fingerprint density at radius 1 is 0.875 bits per heavy atom. The second kappa shape index (κ2) is 8.63. The summed E-state index contributed by atoms with van der Waals surface area (Å²) in [5.41, 5.74) is 2.58. The van der Waals surface area contributed by atoms with Crippen LogP contribution in [0.3, 0.4) is 0 Å². The van der Waals surface area contributed by atoms with Crippen molar-refractivity contribution in [2.45, 2.75) is 37.2 Å². The van der Waals surface area contributed by atoms with E-state index in [4.69, 9.17) is 0 Å². The molecule has 32 heavy (non-hydrogen) atoms. The van der Waals surface area contributed by atoms with Gasteiger partial charge in [0.2, 0.25) is 9.84 Å². The van der Waals surface area contributed by atoms with E-state index in [1.165, 1.54) is 17.0 Å². The molecule has 1 heterocycles. The summed E-state index contributed by atoms with van der Waals surface area (Å²) >= 11 is 0. The Labute approximate surface area is 188 Å². The molecule has 1 N–H and O–H groups in total. The van der Waals surface area contributed by atoms with Crippen molar-refractivity contribution in [2.24, 2.45) is 0 Å². The zero-order valence-corrected chi connectivity index (χ0v) is 18.8. The molecule has 3 aromatic rings. The first-order valence-corrected chi connectivity index (χ1v) is 12.0. The maximum atomic E-state index is 13.6. The van der Waals surface area contributed by atoms with Crippen molar-refractivity contribution in [3.05, 3.63) is 112 Å². The van der Waals surface area contributed by atoms with Crippen molar-refractivity contribution >= 4 is 15.7 Å². The maximum absolute atomic E-state index is 13.6. The number of carbonyl (C=O) groups is 1. The molecule has 1 aliphatic heterocycles. The van der Waals surface area contributed by atoms with E-state index < -0.39 is 27.5 Å². The van der Waals surface area contributed by atoms with Crippen molar-refractivity contribution in [3.8, 4) is 0 Å². The van der Waals surface area contributed by atoms with Crippen molar-refractivity contribution in [1.82, 2.24) is 4.90 Å². The summed E-state index contributed by atoms with van der Waals surface area (Å²) in [4.78, 5) is 14.3. The molecule has 0 spiro atoms. The van der Waals surface area contributed by atoms with Crippen molar-refractivity contribution in [3.63, 3.8) is 0 Å². The van der Waals surface area contributed by atoms with Gasteiger partial charge in [-0.05, 0) is 34.7 Å². The number of hydrogen-bond donors (Lipinski definition) is 1. The van der Waals surface area contributed by atoms with E-state index >= 15 is 0 Å². The predicted octanol–water partition coefficient (Wildman–Crippen LogP) is 5.14. The highest BCUT2D eigenvalue weighted by Gasteiger charge is 2.46. The number of rotatable bonds is 6. The topological polar surface area (TPSA) is 74.7 Å². The average molecular weight is 448 g/mol. The molecule has 1 unspecified atom stereocenters. The van der Waals surface area contributed by atoms with Crippen molar-refractivity contribution < 1.29 is 18.3 Å². The molecule has 1 amide bonds. The smallest absolute Gasteiger partial charge is 0.290 e. The van der Waals surface area contributed by atoms with Crippen LogP contribution in [0.5, 0.6) is 0 Å². The molecule has 0 radical (unpaired) electrons. The third-order valence-electron chi connectivity index (χ3n) is 5.71. The maximum Gasteiger partial charge on any atom is 0.290 e. The third kappa shape index (κ3) is 3.94. The van der Waals surface area contributed by atoms with Gasteiger partial charge in [-0.1, -0.05) is 86.6 Å². The van der Waals surface area contributed by atoms with E-state index in [1.54, 1.807) is 18.2 Å². The number of aliphatic hydroxyl groups excluding tert-OH is 1. The molecule has 0 bridgehead atoms. The van der Waals surface area contributed by atoms with Crippen molar-refractivity contribution in [1.29, 1.82) is 0 Å². The number of nitrogens with zero attached hydrogens (tertiary/aromatic N) is 1. The van der Waals surface area contributed by atoms with E-state index in [9.17, 15) is 18.3 Å². The lowest BCUT2D eigenvalue weighted by Crippen LogP contribution is -2.30. The summed E-state index contributed by atoms with van der Waals surface area (Å²) in [5.74, 6) is -1.10. The van der Waals surface area contributed by atoms with Crippen LogP contribution in [0.2, 0.25) is 0 Å². The normalized spacial score (nSPS) is 16.8. The molecule has 164 valence electrons. The highest BCUT2D eigenvalue weighted by molar-refractivity contribution is 7.95. The van der Waals surface area contributed by atoms with Crippen molar-refractivity contribution in [2.75, 3.05) is 0 Å². The quantitative estimate of drug-likeness (QED) is 0.568. The zero-order valence-electron chi connectivity index (χ0n) is 18.0. The number of sulfone groups is 1. The molecular formula is C26H25NO4S. The largest absolute Gasteiger partial charge is 0.502 e. The molecule has 0 aromatic heterocycles. The van der Waals surface area contributed by atoms with Crippen LogP contribution in [0.4, 0.5) is 0 Å². The summed E-state index contributed by atoms with van der Waals surface area (Å²) in [6.07, 6.45) is 0. The van der Waals surface area contributed by atoms with Gasteiger partial charge in [-0.15, -0.1) is 0 Å². The molecular weight excluding hydrogens is 422 g/mol. The first-order chi connectivity index (χ1) is 15.3. The van der Waals surface area contributed by atoms with Crippen LogP contribution in [0, 0.1) is 0 Å². The fraction of sp³-hybridized carbons (Fsp3) is 0.192. The van der Waals surface area contributed by atoms with E-state index in [2.05, 4.69) is 13.8 Å². The second-order valence-electron chi connectivity index (χ2n) is 8.17. The van der Waals surface area contributed by atoms with E-state index in [0.29, 0.717) is 11.5 Å². The molecule has 0 fully saturated rings. The summed E-state index contributed by atoms with van der Waals surface area (Å²) in [6, 6.07) is 23.9. The predicted molar refractivity (Wildman–Crippen MR) is 124 cm³/mol. The summed E-state index contributed by atoms with van der Waals surface area (Å²) < 4.78 is 27.1. The molecule has 3 aromatic carbocycles. The van der Waals surface area contributed by atoms with Crippen LogP contribution in [0.1, 0.15) is 42.5 Å². The number of aliphatic hydroxyl groups is 1. The molecule has 6 heteroatoms. The fourth-order valence-corrected chi connectivity index (χ4v) is 5.64. The number of amides is 1. The third-order valence-corrected chi connectivity index (χ3v) is 7.60. The van der Waals surface area contributed by atoms with E-state index in [0.717, 1.165) is 11.1 Å². The summed E-state index contributed by atoms with van der Waals surface area (Å²) in [5, 5.41) is 10.8. The van der Waals surface area contributed by atoms with Gasteiger partial charge in [0.1, 0.15) is 4.91 Å². The first kappa shape index (κ1) is 21.8. The Bertz CT molecular complexity index is 1250. The Morgan fingerprint density at radius 3 is 2.00 bits per heavy atom. The SMILES string of the molecule is CC(C)c1ccc(C2C(S(=O)(=O)c3ccccc3)=C(O)C(=O)N2Cc2ccccc2)cc1. The lowest BCUT2D eigenvalue weighted by Gasteiger charge is -2.27. The van der Waals surface area contributed by atoms with Crippen LogP contribution in [-0.2, 0) is 21.2 Å². The van der Waals surface area contributed by atoms with Crippen LogP contribution in [0.15, 0.2) is 100 Å². The molecule has 5 nitrogen and oxygen atoms in total. The highest BCUT2D eigenvalue weighted by Crippen LogP contribution is 2.43. The minimum Gasteiger partial charge on any atom is -0.502 e. The van der Waals surface area contributed by atoms with Gasteiger partial charge in [-0.3, -0.25) is 4.79 Å². The van der Waals surface area contributed by atoms with Crippen LogP contribution in [0.25, 0.3) is 0 Å². The molecule has 1 atom stereocenters. The first-order valence-electron chi connectivity index (χ1n) is 10.5. The molecule has 4 rings (SSSR count). The molecule has 1 aliphatic rings. The Kier molecular flexibility index (Phi) is 5.89. The van der Waals surface area contributed by atoms with Crippen LogP contribution < -0.4 is 0 Å². The second-order valence-corrected chi connectivity index (χ2v) is 10.1. The van der Waals surface area contributed by atoms with Gasteiger partial charge in [0.05, 0.1) is 10.9 Å². The van der Waals surface area contributed by atoms with Gasteiger partial charge in [-0.25, -0.2) is 8.42 Å². The minimum absolute atomic E-state index is 0.0414. The standard InChI is InChI=1S/C26H25NO4S/c1-18(2)20-13-15-21(16-14-20)23-25(32(30,31)22-11-7-4-8-12-22)24(28)26(29)27(23)17-19-9-5-3-6-10-19/h3-16,18,23,28H,17H2,1-2H3. The minimum atomic E-state index is -4.10. The number of hydrogen-bond acceptors (Lipinski definition) is 4. The fourth-order valence-electron chi connectivity index (χ4n) is 3.97. The monoisotopic (exact) mass is 447 g/mol. The van der Waals surface area contributed by atoms with E-state index in [-0.39, 0.29) is 16.3 Å². The van der Waals surface area contributed by atoms with Gasteiger partial charge in [-0.2, -0.15) is 0 Å². The van der Waals surface area contributed by atoms with Gasteiger partial charge >= 0.3 is 0 Å². The Balaban J connectivity index is 1.85. The van der Waals surface area contributed by atoms with Gasteiger partial charge in [0.25, 0.3) is 5.91 Å². The summed E-state index contributed by atoms with van der Waals surface area (Å²) in [6.45, 7) is 4.33. The summed E-state index contributed by atoms with van der Waals surface area (Å²) in [7, 11) is -4.10. The zero-order chi connectivity index (χ0) is 22.9. The molecule has 0 saturated carbocycles. The lowest BCUT2D eigenvalue weighted by molar-refractivity contribution is -0.130. The Morgan fingerprint density at radius 2 is 1.44 bits per heavy atom. The van der Waals surface area contributed by atoms with E-state index in [1.807, 2.05) is 54.6 Å². The number of carbonyl (C=O) groups excluding carboxylic acids is 1. The molecule has 0 aliphatic carbocycles. The Hall–Kier alpha value is -3.38. The van der Waals surface area contributed by atoms with Gasteiger partial charge in [0.15, 0.2) is 5.76 Å². The molecule has 0 saturated heterocycles. The van der Waals surface area contributed by atoms with Gasteiger partial charge in [0, 0.05) is 6.54 Å². The lowest BCUT2D eigenvalue weighted by atomic mass is 9.98. The van der Waals surface area contributed by atoms with Gasteiger partial charge < -0.3 is 10.0 Å². The van der Waals surface area contributed by atoms with Crippen LogP contribution in [-0.4, -0.2) is 24.3 Å². The van der Waals surface area contributed by atoms with Crippen LogP contribution >= 0.6 is 0 Å². The highest BCUT2D eigenvalue weighted by atomic mass is 32.2. The number of benzene rings is 3.